The van der Waals surface area contributed by atoms with Crippen LogP contribution in [0.5, 0.6) is 0 Å². The van der Waals surface area contributed by atoms with E-state index in [2.05, 4.69) is 11.9 Å². The van der Waals surface area contributed by atoms with Crippen LogP contribution in [-0.4, -0.2) is 36.8 Å². The molecule has 1 heterocycles. The quantitative estimate of drug-likeness (QED) is 0.768. The topological polar surface area (TPSA) is 15.3 Å². The zero-order valence-electron chi connectivity index (χ0n) is 9.06. The van der Waals surface area contributed by atoms with Gasteiger partial charge >= 0.3 is 6.18 Å². The summed E-state index contributed by atoms with van der Waals surface area (Å²) < 4.78 is 37.4. The molecule has 0 radical (unpaired) electrons. The Morgan fingerprint density at radius 1 is 1.47 bits per heavy atom. The highest BCUT2D eigenvalue weighted by Crippen LogP contribution is 2.24. The van der Waals surface area contributed by atoms with Gasteiger partial charge in [-0.3, -0.25) is 0 Å². The third kappa shape index (κ3) is 3.12. The summed E-state index contributed by atoms with van der Waals surface area (Å²) in [6.45, 7) is 8.63. The highest BCUT2D eigenvalue weighted by molar-refractivity contribution is 5.01. The van der Waals surface area contributed by atoms with Crippen molar-refractivity contribution in [1.82, 2.24) is 10.2 Å². The molecule has 1 atom stereocenters. The number of hydrogen-bond donors (Lipinski definition) is 1. The Labute approximate surface area is 88.1 Å². The van der Waals surface area contributed by atoms with Crippen LogP contribution in [0.1, 0.15) is 13.8 Å². The van der Waals surface area contributed by atoms with Crippen LogP contribution < -0.4 is 5.32 Å². The molecule has 0 aromatic rings. The maximum Gasteiger partial charge on any atom is 0.405 e. The van der Waals surface area contributed by atoms with Gasteiger partial charge in [-0.15, -0.1) is 0 Å². The molecular formula is C10H17F3N2. The van der Waals surface area contributed by atoms with Crippen molar-refractivity contribution in [2.45, 2.75) is 26.1 Å². The molecule has 0 saturated carbocycles. The van der Waals surface area contributed by atoms with Gasteiger partial charge in [0, 0.05) is 25.3 Å². The van der Waals surface area contributed by atoms with Crippen molar-refractivity contribution in [2.24, 2.45) is 5.92 Å². The number of rotatable bonds is 2. The molecule has 2 nitrogen and oxygen atoms in total. The van der Waals surface area contributed by atoms with Crippen molar-refractivity contribution in [2.75, 3.05) is 19.6 Å². The monoisotopic (exact) mass is 222 g/mol. The Balaban J connectivity index is 2.60. The summed E-state index contributed by atoms with van der Waals surface area (Å²) in [5.74, 6) is 0.192. The van der Waals surface area contributed by atoms with Gasteiger partial charge in [0.25, 0.3) is 0 Å². The SMILES string of the molecule is C=C(C(C)C)N1CCNC(C(F)(F)F)C1. The fraction of sp³-hybridized carbons (Fsp3) is 0.800. The minimum absolute atomic E-state index is 0.0273. The van der Waals surface area contributed by atoms with E-state index in [1.807, 2.05) is 13.8 Å². The van der Waals surface area contributed by atoms with Crippen LogP contribution in [-0.2, 0) is 0 Å². The van der Waals surface area contributed by atoms with Crippen molar-refractivity contribution in [3.05, 3.63) is 12.3 Å². The molecule has 1 rings (SSSR count). The Morgan fingerprint density at radius 3 is 2.53 bits per heavy atom. The molecule has 1 N–H and O–H groups in total. The number of halogens is 3. The molecule has 1 unspecified atom stereocenters. The van der Waals surface area contributed by atoms with E-state index in [-0.39, 0.29) is 12.5 Å². The van der Waals surface area contributed by atoms with E-state index in [1.54, 1.807) is 4.90 Å². The average Bonchev–Trinajstić information content (AvgIpc) is 2.15. The van der Waals surface area contributed by atoms with E-state index in [0.29, 0.717) is 13.1 Å². The van der Waals surface area contributed by atoms with Gasteiger partial charge in [-0.25, -0.2) is 0 Å². The second kappa shape index (κ2) is 4.43. The molecule has 1 aliphatic rings. The lowest BCUT2D eigenvalue weighted by atomic mass is 10.1. The Kier molecular flexibility index (Phi) is 3.65. The first-order valence-corrected chi connectivity index (χ1v) is 5.06. The molecule has 1 aliphatic heterocycles. The van der Waals surface area contributed by atoms with E-state index in [0.717, 1.165) is 5.70 Å². The predicted octanol–water partition coefficient (Wildman–Crippen LogP) is 1.99. The third-order valence-corrected chi connectivity index (χ3v) is 2.64. The number of hydrogen-bond acceptors (Lipinski definition) is 2. The van der Waals surface area contributed by atoms with Crippen LogP contribution in [0.25, 0.3) is 0 Å². The molecule has 1 fully saturated rings. The van der Waals surface area contributed by atoms with Gasteiger partial charge in [-0.05, 0) is 5.92 Å². The van der Waals surface area contributed by atoms with E-state index >= 15 is 0 Å². The Morgan fingerprint density at radius 2 is 2.07 bits per heavy atom. The Bertz CT molecular complexity index is 235. The summed E-state index contributed by atoms with van der Waals surface area (Å²) in [7, 11) is 0. The molecule has 0 aromatic heterocycles. The fourth-order valence-corrected chi connectivity index (χ4v) is 1.60. The van der Waals surface area contributed by atoms with Gasteiger partial charge in [-0.2, -0.15) is 13.2 Å². The van der Waals surface area contributed by atoms with E-state index in [9.17, 15) is 13.2 Å². The number of nitrogens with zero attached hydrogens (tertiary/aromatic N) is 1. The second-order valence-electron chi connectivity index (χ2n) is 4.14. The molecule has 0 spiro atoms. The lowest BCUT2D eigenvalue weighted by Gasteiger charge is -2.38. The largest absolute Gasteiger partial charge is 0.405 e. The van der Waals surface area contributed by atoms with Crippen LogP contribution in [0, 0.1) is 5.92 Å². The normalized spacial score (nSPS) is 23.3. The average molecular weight is 222 g/mol. The first kappa shape index (κ1) is 12.4. The zero-order valence-corrected chi connectivity index (χ0v) is 9.06. The highest BCUT2D eigenvalue weighted by Gasteiger charge is 2.42. The molecular weight excluding hydrogens is 205 g/mol. The van der Waals surface area contributed by atoms with Crippen molar-refractivity contribution in [3.8, 4) is 0 Å². The number of allylic oxidation sites excluding steroid dienone is 1. The smallest absolute Gasteiger partial charge is 0.372 e. The van der Waals surface area contributed by atoms with Gasteiger partial charge in [0.2, 0.25) is 0 Å². The van der Waals surface area contributed by atoms with Gasteiger partial charge in [0.05, 0.1) is 0 Å². The standard InChI is InChI=1S/C10H17F3N2/c1-7(2)8(3)15-5-4-14-9(6-15)10(11,12)13/h7,9,14H,3-6H2,1-2H3. The van der Waals surface area contributed by atoms with Crippen molar-refractivity contribution < 1.29 is 13.2 Å². The van der Waals surface area contributed by atoms with Crippen molar-refractivity contribution in [1.29, 1.82) is 0 Å². The summed E-state index contributed by atoms with van der Waals surface area (Å²) in [6, 6.07) is -1.43. The molecule has 1 saturated heterocycles. The van der Waals surface area contributed by atoms with E-state index in [1.165, 1.54) is 0 Å². The third-order valence-electron chi connectivity index (χ3n) is 2.64. The Hall–Kier alpha value is -0.710. The summed E-state index contributed by atoms with van der Waals surface area (Å²) >= 11 is 0. The van der Waals surface area contributed by atoms with Gasteiger partial charge in [-0.1, -0.05) is 20.4 Å². The molecule has 0 bridgehead atoms. The van der Waals surface area contributed by atoms with Crippen LogP contribution in [0.4, 0.5) is 13.2 Å². The maximum absolute atomic E-state index is 12.5. The van der Waals surface area contributed by atoms with Crippen LogP contribution in [0.3, 0.4) is 0 Å². The van der Waals surface area contributed by atoms with Gasteiger partial charge in [0.1, 0.15) is 6.04 Å². The first-order valence-electron chi connectivity index (χ1n) is 5.06. The molecule has 0 aliphatic carbocycles. The number of piperazine rings is 1. The molecule has 88 valence electrons. The van der Waals surface area contributed by atoms with E-state index in [4.69, 9.17) is 0 Å². The fourth-order valence-electron chi connectivity index (χ4n) is 1.60. The van der Waals surface area contributed by atoms with Crippen molar-refractivity contribution in [3.63, 3.8) is 0 Å². The summed E-state index contributed by atoms with van der Waals surface area (Å²) in [5.41, 5.74) is 0.783. The summed E-state index contributed by atoms with van der Waals surface area (Å²) in [6.07, 6.45) is -4.17. The van der Waals surface area contributed by atoms with Gasteiger partial charge < -0.3 is 10.2 Å². The molecule has 0 amide bonds. The number of nitrogens with one attached hydrogen (secondary N) is 1. The first-order chi connectivity index (χ1) is 6.82. The minimum atomic E-state index is -4.17. The molecule has 0 aromatic carbocycles. The highest BCUT2D eigenvalue weighted by atomic mass is 19.4. The lowest BCUT2D eigenvalue weighted by molar-refractivity contribution is -0.163. The van der Waals surface area contributed by atoms with Crippen LogP contribution in [0.15, 0.2) is 12.3 Å². The van der Waals surface area contributed by atoms with Crippen LogP contribution >= 0.6 is 0 Å². The molecule has 5 heteroatoms. The zero-order chi connectivity index (χ0) is 11.6. The second-order valence-corrected chi connectivity index (χ2v) is 4.14. The van der Waals surface area contributed by atoms with Crippen molar-refractivity contribution >= 4 is 0 Å². The predicted molar refractivity (Wildman–Crippen MR) is 53.4 cm³/mol. The van der Waals surface area contributed by atoms with Crippen LogP contribution in [0.2, 0.25) is 0 Å². The summed E-state index contributed by atoms with van der Waals surface area (Å²) in [4.78, 5) is 1.72. The minimum Gasteiger partial charge on any atom is -0.372 e. The summed E-state index contributed by atoms with van der Waals surface area (Å²) in [5, 5.41) is 2.48. The number of alkyl halides is 3. The lowest BCUT2D eigenvalue weighted by Crippen LogP contribution is -2.56. The molecule has 15 heavy (non-hydrogen) atoms. The maximum atomic E-state index is 12.5. The van der Waals surface area contributed by atoms with E-state index < -0.39 is 12.2 Å². The van der Waals surface area contributed by atoms with Gasteiger partial charge in [0.15, 0.2) is 0 Å².